The van der Waals surface area contributed by atoms with Crippen LogP contribution in [-0.4, -0.2) is 60.3 Å². The molecule has 0 saturated carbocycles. The van der Waals surface area contributed by atoms with Gasteiger partial charge in [0.15, 0.2) is 0 Å². The third kappa shape index (κ3) is 3.68. The van der Waals surface area contributed by atoms with E-state index in [0.717, 1.165) is 49.6 Å². The maximum atomic E-state index is 13.8. The van der Waals surface area contributed by atoms with Gasteiger partial charge in [0.05, 0.1) is 12.2 Å². The Hall–Kier alpha value is -2.57. The summed E-state index contributed by atoms with van der Waals surface area (Å²) in [6, 6.07) is 16.4. The molecule has 2 saturated heterocycles. The van der Waals surface area contributed by atoms with E-state index in [1.807, 2.05) is 40.1 Å². The summed E-state index contributed by atoms with van der Waals surface area (Å²) < 4.78 is 6.39. The molecule has 0 bridgehead atoms. The van der Waals surface area contributed by atoms with Gasteiger partial charge in [0.2, 0.25) is 0 Å². The van der Waals surface area contributed by atoms with E-state index in [0.29, 0.717) is 6.54 Å². The van der Waals surface area contributed by atoms with Gasteiger partial charge in [-0.3, -0.25) is 9.80 Å². The van der Waals surface area contributed by atoms with Crippen molar-refractivity contribution in [1.29, 1.82) is 0 Å². The minimum absolute atomic E-state index is 0.0555. The number of carbonyl (C=O) groups excluding carboxylic acids is 1. The van der Waals surface area contributed by atoms with Crippen molar-refractivity contribution in [1.82, 2.24) is 15.1 Å². The molecular weight excluding hydrogens is 388 g/mol. The third-order valence-electron chi connectivity index (χ3n) is 6.78. The first-order valence-corrected chi connectivity index (χ1v) is 11.3. The smallest absolute Gasteiger partial charge is 0.326 e. The van der Waals surface area contributed by atoms with Crippen molar-refractivity contribution < 1.29 is 9.53 Å². The number of hydrogen-bond donors (Lipinski definition) is 1. The predicted molar refractivity (Wildman–Crippen MR) is 123 cm³/mol. The van der Waals surface area contributed by atoms with Crippen LogP contribution in [0, 0.1) is 0 Å². The summed E-state index contributed by atoms with van der Waals surface area (Å²) in [7, 11) is 0. The number of hydrogen-bond acceptors (Lipinski definition) is 4. The summed E-state index contributed by atoms with van der Waals surface area (Å²) in [5.74, 6) is 0.961. The lowest BCUT2D eigenvalue weighted by atomic mass is 9.97. The van der Waals surface area contributed by atoms with E-state index >= 15 is 0 Å². The van der Waals surface area contributed by atoms with Gasteiger partial charge in [-0.15, -0.1) is 0 Å². The Kier molecular flexibility index (Phi) is 5.15. The standard InChI is InChI=1S/C25H32N4O2/c1-18(27-14-12-26-13-15-27)28-17-22(29(24(28)30)20-9-5-4-6-10-20)21-11-7-8-19-16-25(2,3)31-23(19)21/h4-11,18,22,26H,12-17H2,1-3H3. The zero-order valence-electron chi connectivity index (χ0n) is 18.7. The number of piperazine rings is 1. The minimum Gasteiger partial charge on any atom is -0.487 e. The molecule has 2 fully saturated rings. The molecule has 5 rings (SSSR count). The van der Waals surface area contributed by atoms with Crippen LogP contribution in [0.1, 0.15) is 37.9 Å². The van der Waals surface area contributed by atoms with Crippen molar-refractivity contribution in [2.75, 3.05) is 37.6 Å². The predicted octanol–water partition coefficient (Wildman–Crippen LogP) is 3.63. The zero-order chi connectivity index (χ0) is 21.6. The van der Waals surface area contributed by atoms with E-state index in [1.54, 1.807) is 0 Å². The molecule has 164 valence electrons. The van der Waals surface area contributed by atoms with Crippen LogP contribution in [0.5, 0.6) is 5.75 Å². The minimum atomic E-state index is -0.216. The highest BCUT2D eigenvalue weighted by atomic mass is 16.5. The second-order valence-corrected chi connectivity index (χ2v) is 9.45. The highest BCUT2D eigenvalue weighted by Gasteiger charge is 2.45. The first-order valence-electron chi connectivity index (χ1n) is 11.3. The number of anilines is 1. The Morgan fingerprint density at radius 1 is 1.06 bits per heavy atom. The number of fused-ring (bicyclic) bond motifs is 1. The molecule has 0 radical (unpaired) electrons. The molecule has 2 atom stereocenters. The number of nitrogens with one attached hydrogen (secondary N) is 1. The molecule has 6 heteroatoms. The molecule has 1 N–H and O–H groups in total. The van der Waals surface area contributed by atoms with Gasteiger partial charge in [0.25, 0.3) is 0 Å². The zero-order valence-corrected chi connectivity index (χ0v) is 18.7. The molecule has 3 aliphatic rings. The van der Waals surface area contributed by atoms with Crippen molar-refractivity contribution >= 4 is 11.7 Å². The van der Waals surface area contributed by atoms with Gasteiger partial charge in [-0.25, -0.2) is 4.79 Å². The molecule has 0 aliphatic carbocycles. The van der Waals surface area contributed by atoms with Gasteiger partial charge in [0.1, 0.15) is 11.4 Å². The average molecular weight is 421 g/mol. The van der Waals surface area contributed by atoms with Crippen molar-refractivity contribution in [2.24, 2.45) is 0 Å². The molecule has 0 aromatic heterocycles. The van der Waals surface area contributed by atoms with Gasteiger partial charge in [-0.2, -0.15) is 0 Å². The molecule has 2 aromatic carbocycles. The summed E-state index contributed by atoms with van der Waals surface area (Å²) in [6.45, 7) is 10.9. The molecule has 6 nitrogen and oxygen atoms in total. The van der Waals surface area contributed by atoms with Crippen LogP contribution in [-0.2, 0) is 6.42 Å². The molecule has 2 aromatic rings. The monoisotopic (exact) mass is 420 g/mol. The van der Waals surface area contributed by atoms with Gasteiger partial charge >= 0.3 is 6.03 Å². The second kappa shape index (κ2) is 7.84. The quantitative estimate of drug-likeness (QED) is 0.821. The number of nitrogens with zero attached hydrogens (tertiary/aromatic N) is 3. The summed E-state index contributed by atoms with van der Waals surface area (Å²) in [4.78, 5) is 20.2. The van der Waals surface area contributed by atoms with Crippen LogP contribution >= 0.6 is 0 Å². The van der Waals surface area contributed by atoms with E-state index in [-0.39, 0.29) is 23.8 Å². The molecule has 31 heavy (non-hydrogen) atoms. The topological polar surface area (TPSA) is 48.0 Å². The summed E-state index contributed by atoms with van der Waals surface area (Å²) in [5.41, 5.74) is 3.06. The van der Waals surface area contributed by atoms with E-state index in [2.05, 4.69) is 49.2 Å². The van der Waals surface area contributed by atoms with Crippen LogP contribution in [0.15, 0.2) is 48.5 Å². The van der Waals surface area contributed by atoms with E-state index < -0.39 is 0 Å². The average Bonchev–Trinajstić information content (AvgIpc) is 3.29. The Bertz CT molecular complexity index is 955. The summed E-state index contributed by atoms with van der Waals surface area (Å²) in [5, 5.41) is 3.40. The van der Waals surface area contributed by atoms with Crippen LogP contribution in [0.2, 0.25) is 0 Å². The Morgan fingerprint density at radius 2 is 1.81 bits per heavy atom. The molecule has 2 amide bonds. The van der Waals surface area contributed by atoms with Gasteiger partial charge in [-0.1, -0.05) is 36.4 Å². The number of ether oxygens (including phenoxy) is 1. The maximum absolute atomic E-state index is 13.8. The van der Waals surface area contributed by atoms with Crippen molar-refractivity contribution in [3.63, 3.8) is 0 Å². The molecule has 3 heterocycles. The van der Waals surface area contributed by atoms with Crippen molar-refractivity contribution in [2.45, 2.75) is 45.0 Å². The Morgan fingerprint density at radius 3 is 2.55 bits per heavy atom. The fraction of sp³-hybridized carbons (Fsp3) is 0.480. The normalized spacial score (nSPS) is 24.2. The third-order valence-corrected chi connectivity index (χ3v) is 6.78. The lowest BCUT2D eigenvalue weighted by Crippen LogP contribution is -2.54. The van der Waals surface area contributed by atoms with Gasteiger partial charge < -0.3 is 15.0 Å². The number of amides is 2. The fourth-order valence-electron chi connectivity index (χ4n) is 5.20. The largest absolute Gasteiger partial charge is 0.487 e. The first kappa shape index (κ1) is 20.3. The van der Waals surface area contributed by atoms with Crippen molar-refractivity contribution in [3.05, 3.63) is 59.7 Å². The van der Waals surface area contributed by atoms with E-state index in [1.165, 1.54) is 5.56 Å². The maximum Gasteiger partial charge on any atom is 0.326 e. The highest BCUT2D eigenvalue weighted by Crippen LogP contribution is 2.45. The molecule has 3 aliphatic heterocycles. The van der Waals surface area contributed by atoms with Crippen molar-refractivity contribution in [3.8, 4) is 5.75 Å². The highest BCUT2D eigenvalue weighted by molar-refractivity contribution is 5.95. The number of carbonyl (C=O) groups is 1. The first-order chi connectivity index (χ1) is 14.9. The Labute approximate surface area is 184 Å². The van der Waals surface area contributed by atoms with E-state index in [9.17, 15) is 4.79 Å². The lowest BCUT2D eigenvalue weighted by molar-refractivity contribution is 0.0794. The molecular formula is C25H32N4O2. The molecule has 0 spiro atoms. The van der Waals surface area contributed by atoms with Gasteiger partial charge in [-0.05, 0) is 38.5 Å². The van der Waals surface area contributed by atoms with Crippen LogP contribution in [0.3, 0.4) is 0 Å². The molecule has 2 unspecified atom stereocenters. The van der Waals surface area contributed by atoms with E-state index in [4.69, 9.17) is 4.74 Å². The number of rotatable bonds is 4. The second-order valence-electron chi connectivity index (χ2n) is 9.45. The number of para-hydroxylation sites is 2. The lowest BCUT2D eigenvalue weighted by Gasteiger charge is -2.37. The van der Waals surface area contributed by atoms with Crippen LogP contribution < -0.4 is 15.0 Å². The summed E-state index contributed by atoms with van der Waals surface area (Å²) >= 11 is 0. The fourth-order valence-corrected chi connectivity index (χ4v) is 5.20. The van der Waals surface area contributed by atoms with Crippen LogP contribution in [0.25, 0.3) is 0 Å². The SMILES string of the molecule is CC(N1CCNCC1)N1CC(c2cccc3c2OC(C)(C)C3)N(c2ccccc2)C1=O. The van der Waals surface area contributed by atoms with Gasteiger partial charge in [0, 0.05) is 50.4 Å². The summed E-state index contributed by atoms with van der Waals surface area (Å²) in [6.07, 6.45) is 0.947. The Balaban J connectivity index is 1.53. The number of benzene rings is 2. The van der Waals surface area contributed by atoms with Crippen LogP contribution in [0.4, 0.5) is 10.5 Å². The number of urea groups is 1.